The molecule has 1 atom stereocenters. The summed E-state index contributed by atoms with van der Waals surface area (Å²) in [5.41, 5.74) is 6.65. The van der Waals surface area contributed by atoms with Crippen LogP contribution in [-0.2, 0) is 4.79 Å². The molecule has 2 rings (SSSR count). The molecule has 20 heavy (non-hydrogen) atoms. The van der Waals surface area contributed by atoms with Crippen LogP contribution in [-0.4, -0.2) is 30.9 Å². The average Bonchev–Trinajstić information content (AvgIpc) is 2.46. The predicted molar refractivity (Wildman–Crippen MR) is 77.2 cm³/mol. The van der Waals surface area contributed by atoms with Crippen LogP contribution in [0, 0.1) is 0 Å². The van der Waals surface area contributed by atoms with Gasteiger partial charge in [-0.3, -0.25) is 9.59 Å². The van der Waals surface area contributed by atoms with Crippen LogP contribution in [0.2, 0.25) is 0 Å². The number of fused-ring (bicyclic) bond motifs is 1. The highest BCUT2D eigenvalue weighted by Gasteiger charge is 2.32. The highest BCUT2D eigenvalue weighted by molar-refractivity contribution is 6.03. The molecule has 1 aliphatic heterocycles. The first kappa shape index (κ1) is 14.5. The normalized spacial score (nSPS) is 17.6. The van der Waals surface area contributed by atoms with Crippen molar-refractivity contribution in [2.75, 3.05) is 18.0 Å². The zero-order valence-corrected chi connectivity index (χ0v) is 11.9. The van der Waals surface area contributed by atoms with Gasteiger partial charge in [-0.15, -0.1) is 0 Å². The number of benzene rings is 1. The van der Waals surface area contributed by atoms with E-state index < -0.39 is 6.10 Å². The Labute approximate surface area is 118 Å². The third kappa shape index (κ3) is 2.54. The Hall–Kier alpha value is -1.88. The molecule has 5 nitrogen and oxygen atoms in total. The largest absolute Gasteiger partial charge is 0.478 e. The number of anilines is 1. The van der Waals surface area contributed by atoms with Crippen molar-refractivity contribution in [1.29, 1.82) is 0 Å². The highest BCUT2D eigenvalue weighted by Crippen LogP contribution is 2.35. The van der Waals surface area contributed by atoms with E-state index >= 15 is 0 Å². The smallest absolute Gasteiger partial charge is 0.268 e. The lowest BCUT2D eigenvalue weighted by atomic mass is 10.0. The van der Waals surface area contributed by atoms with Gasteiger partial charge in [-0.2, -0.15) is 0 Å². The van der Waals surface area contributed by atoms with Crippen LogP contribution in [0.25, 0.3) is 0 Å². The summed E-state index contributed by atoms with van der Waals surface area (Å²) < 4.78 is 5.69. The van der Waals surface area contributed by atoms with E-state index in [4.69, 9.17) is 10.5 Å². The summed E-state index contributed by atoms with van der Waals surface area (Å²) in [6.45, 7) is 4.70. The van der Waals surface area contributed by atoms with Crippen molar-refractivity contribution in [1.82, 2.24) is 0 Å². The van der Waals surface area contributed by atoms with Crippen molar-refractivity contribution < 1.29 is 14.3 Å². The van der Waals surface area contributed by atoms with Crippen LogP contribution in [0.15, 0.2) is 18.2 Å². The number of amides is 1. The number of likely N-dealkylation sites (N-methyl/N-ethyl adjacent to an activating group) is 1. The number of nitrogens with zero attached hydrogens (tertiary/aromatic N) is 1. The maximum absolute atomic E-state index is 12.3. The van der Waals surface area contributed by atoms with Crippen LogP contribution in [0.1, 0.15) is 37.0 Å². The minimum atomic E-state index is -0.437. The number of rotatable bonds is 5. The number of nitrogens with two attached hydrogens (primary N) is 1. The number of Topliss-reactive ketones (excluding diaryl/α,β-unsaturated/α-hetero) is 1. The van der Waals surface area contributed by atoms with E-state index in [1.807, 2.05) is 13.8 Å². The van der Waals surface area contributed by atoms with Gasteiger partial charge in [-0.25, -0.2) is 0 Å². The van der Waals surface area contributed by atoms with Crippen molar-refractivity contribution >= 4 is 17.4 Å². The zero-order valence-electron chi connectivity index (χ0n) is 11.9. The minimum absolute atomic E-state index is 0.0172. The quantitative estimate of drug-likeness (QED) is 0.831. The van der Waals surface area contributed by atoms with E-state index in [0.717, 1.165) is 0 Å². The predicted octanol–water partition coefficient (Wildman–Crippen LogP) is 1.74. The summed E-state index contributed by atoms with van der Waals surface area (Å²) in [7, 11) is 0. The molecule has 2 N–H and O–H groups in total. The molecule has 0 saturated heterocycles. The van der Waals surface area contributed by atoms with Gasteiger partial charge in [-0.05, 0) is 38.1 Å². The topological polar surface area (TPSA) is 72.6 Å². The van der Waals surface area contributed by atoms with Crippen molar-refractivity contribution in [2.24, 2.45) is 5.73 Å². The van der Waals surface area contributed by atoms with Crippen LogP contribution in [0.5, 0.6) is 5.75 Å². The number of ketones is 1. The van der Waals surface area contributed by atoms with E-state index in [1.165, 1.54) is 0 Å². The third-order valence-electron chi connectivity index (χ3n) is 3.44. The Kier molecular flexibility index (Phi) is 4.39. The van der Waals surface area contributed by atoms with Gasteiger partial charge < -0.3 is 15.4 Å². The molecule has 0 radical (unpaired) electrons. The van der Waals surface area contributed by atoms with Crippen molar-refractivity contribution in [3.8, 4) is 5.75 Å². The van der Waals surface area contributed by atoms with Gasteiger partial charge in [-0.1, -0.05) is 6.92 Å². The van der Waals surface area contributed by atoms with E-state index in [1.54, 1.807) is 23.1 Å². The Balaban J connectivity index is 2.39. The Morgan fingerprint density at radius 3 is 2.75 bits per heavy atom. The van der Waals surface area contributed by atoms with E-state index in [2.05, 4.69) is 0 Å². The molecular weight excluding hydrogens is 256 g/mol. The van der Waals surface area contributed by atoms with Gasteiger partial charge >= 0.3 is 0 Å². The van der Waals surface area contributed by atoms with Gasteiger partial charge in [0.15, 0.2) is 11.9 Å². The van der Waals surface area contributed by atoms with E-state index in [0.29, 0.717) is 42.9 Å². The molecule has 0 aromatic heterocycles. The molecule has 5 heteroatoms. The second-order valence-corrected chi connectivity index (χ2v) is 4.74. The Bertz CT molecular complexity index is 528. The first-order chi connectivity index (χ1) is 9.62. The second-order valence-electron chi connectivity index (χ2n) is 4.74. The average molecular weight is 276 g/mol. The van der Waals surface area contributed by atoms with Crippen molar-refractivity contribution in [2.45, 2.75) is 32.8 Å². The third-order valence-corrected chi connectivity index (χ3v) is 3.44. The molecular formula is C15H20N2O3. The number of carbonyl (C=O) groups excluding carboxylic acids is 2. The second kappa shape index (κ2) is 6.05. The molecule has 0 saturated carbocycles. The first-order valence-corrected chi connectivity index (χ1v) is 6.97. The standard InChI is InChI=1S/C15H20N2O3/c1-3-13-15(19)17(4-2)11-9-10(12(18)7-8-16)5-6-14(11)20-13/h5-6,9,13H,3-4,7-8,16H2,1-2H3. The summed E-state index contributed by atoms with van der Waals surface area (Å²) in [4.78, 5) is 25.8. The van der Waals surface area contributed by atoms with Crippen LogP contribution >= 0.6 is 0 Å². The number of carbonyl (C=O) groups is 2. The van der Waals surface area contributed by atoms with Crippen LogP contribution in [0.3, 0.4) is 0 Å². The molecule has 1 heterocycles. The maximum atomic E-state index is 12.3. The number of ether oxygens (including phenoxy) is 1. The van der Waals surface area contributed by atoms with Gasteiger partial charge in [0.25, 0.3) is 5.91 Å². The van der Waals surface area contributed by atoms with Gasteiger partial charge in [0, 0.05) is 18.5 Å². The number of hydrogen-bond acceptors (Lipinski definition) is 4. The summed E-state index contributed by atoms with van der Waals surface area (Å²) >= 11 is 0. The van der Waals surface area contributed by atoms with Crippen molar-refractivity contribution in [3.05, 3.63) is 23.8 Å². The molecule has 0 aliphatic carbocycles. The fourth-order valence-electron chi connectivity index (χ4n) is 2.36. The molecule has 0 fully saturated rings. The SMILES string of the molecule is CCC1Oc2ccc(C(=O)CCN)cc2N(CC)C1=O. The van der Waals surface area contributed by atoms with E-state index in [9.17, 15) is 9.59 Å². The maximum Gasteiger partial charge on any atom is 0.268 e. The lowest BCUT2D eigenvalue weighted by Crippen LogP contribution is -2.45. The van der Waals surface area contributed by atoms with Gasteiger partial charge in [0.2, 0.25) is 0 Å². The number of hydrogen-bond donors (Lipinski definition) is 1. The Morgan fingerprint density at radius 2 is 2.15 bits per heavy atom. The molecule has 0 spiro atoms. The highest BCUT2D eigenvalue weighted by atomic mass is 16.5. The zero-order chi connectivity index (χ0) is 14.7. The van der Waals surface area contributed by atoms with Crippen LogP contribution in [0.4, 0.5) is 5.69 Å². The fraction of sp³-hybridized carbons (Fsp3) is 0.467. The monoisotopic (exact) mass is 276 g/mol. The lowest BCUT2D eigenvalue weighted by Gasteiger charge is -2.33. The summed E-state index contributed by atoms with van der Waals surface area (Å²) in [5.74, 6) is 0.588. The van der Waals surface area contributed by atoms with Crippen molar-refractivity contribution in [3.63, 3.8) is 0 Å². The fourth-order valence-corrected chi connectivity index (χ4v) is 2.36. The van der Waals surface area contributed by atoms with Gasteiger partial charge in [0.1, 0.15) is 5.75 Å². The molecule has 1 aromatic rings. The van der Waals surface area contributed by atoms with Gasteiger partial charge in [0.05, 0.1) is 5.69 Å². The summed E-state index contributed by atoms with van der Waals surface area (Å²) in [6, 6.07) is 5.21. The lowest BCUT2D eigenvalue weighted by molar-refractivity contribution is -0.126. The van der Waals surface area contributed by atoms with Crippen LogP contribution < -0.4 is 15.4 Å². The molecule has 1 unspecified atom stereocenters. The molecule has 0 bridgehead atoms. The minimum Gasteiger partial charge on any atom is -0.478 e. The molecule has 1 amide bonds. The molecule has 1 aromatic carbocycles. The molecule has 108 valence electrons. The van der Waals surface area contributed by atoms with E-state index in [-0.39, 0.29) is 11.7 Å². The summed E-state index contributed by atoms with van der Waals surface area (Å²) in [6.07, 6.45) is 0.493. The summed E-state index contributed by atoms with van der Waals surface area (Å²) in [5, 5.41) is 0. The first-order valence-electron chi connectivity index (χ1n) is 6.97. The molecule has 1 aliphatic rings. The Morgan fingerprint density at radius 1 is 1.40 bits per heavy atom.